The summed E-state index contributed by atoms with van der Waals surface area (Å²) in [4.78, 5) is 4.01. The molecule has 1 heterocycles. The third-order valence-electron chi connectivity index (χ3n) is 2.24. The second kappa shape index (κ2) is 3.58. The highest BCUT2D eigenvalue weighted by Gasteiger charge is 2.04. The summed E-state index contributed by atoms with van der Waals surface area (Å²) in [7, 11) is 0. The van der Waals surface area contributed by atoms with Crippen LogP contribution in [0.15, 0.2) is 42.7 Å². The lowest BCUT2D eigenvalue weighted by Gasteiger charge is -2.05. The summed E-state index contributed by atoms with van der Waals surface area (Å²) >= 11 is 0. The standard InChI is InChI=1S/C12H10FN/c1-9-11(5-2-6-12(9)13)10-4-3-7-14-8-10/h2-8H,1H3. The molecule has 2 heteroatoms. The molecular weight excluding hydrogens is 177 g/mol. The van der Waals surface area contributed by atoms with Crippen LogP contribution >= 0.6 is 0 Å². The quantitative estimate of drug-likeness (QED) is 0.668. The van der Waals surface area contributed by atoms with Crippen LogP contribution in [-0.4, -0.2) is 4.98 Å². The monoisotopic (exact) mass is 187 g/mol. The molecule has 14 heavy (non-hydrogen) atoms. The van der Waals surface area contributed by atoms with Crippen molar-refractivity contribution >= 4 is 0 Å². The molecule has 70 valence electrons. The van der Waals surface area contributed by atoms with Crippen molar-refractivity contribution < 1.29 is 4.39 Å². The van der Waals surface area contributed by atoms with Crippen molar-refractivity contribution in [3.8, 4) is 11.1 Å². The summed E-state index contributed by atoms with van der Waals surface area (Å²) in [5.74, 6) is -0.175. The maximum absolute atomic E-state index is 13.2. The van der Waals surface area contributed by atoms with E-state index in [1.54, 1.807) is 25.4 Å². The van der Waals surface area contributed by atoms with E-state index in [2.05, 4.69) is 4.98 Å². The van der Waals surface area contributed by atoms with E-state index in [4.69, 9.17) is 0 Å². The summed E-state index contributed by atoms with van der Waals surface area (Å²) in [6.07, 6.45) is 3.44. The van der Waals surface area contributed by atoms with E-state index in [9.17, 15) is 4.39 Å². The van der Waals surface area contributed by atoms with E-state index >= 15 is 0 Å². The highest BCUT2D eigenvalue weighted by Crippen LogP contribution is 2.23. The molecule has 2 aromatic rings. The highest BCUT2D eigenvalue weighted by atomic mass is 19.1. The number of rotatable bonds is 1. The SMILES string of the molecule is Cc1c(F)cccc1-c1cccnc1. The maximum Gasteiger partial charge on any atom is 0.126 e. The minimum absolute atomic E-state index is 0.175. The molecule has 0 bridgehead atoms. The molecule has 0 aliphatic heterocycles. The first kappa shape index (κ1) is 8.88. The third kappa shape index (κ3) is 1.51. The molecular formula is C12H10FN. The maximum atomic E-state index is 13.2. The fourth-order valence-electron chi connectivity index (χ4n) is 1.44. The van der Waals surface area contributed by atoms with Gasteiger partial charge in [-0.25, -0.2) is 4.39 Å². The van der Waals surface area contributed by atoms with Crippen molar-refractivity contribution in [3.63, 3.8) is 0 Å². The lowest BCUT2D eigenvalue weighted by Crippen LogP contribution is -1.87. The van der Waals surface area contributed by atoms with Crippen LogP contribution in [0.25, 0.3) is 11.1 Å². The molecule has 0 N–H and O–H groups in total. The van der Waals surface area contributed by atoms with Gasteiger partial charge in [0.15, 0.2) is 0 Å². The van der Waals surface area contributed by atoms with Crippen molar-refractivity contribution in [3.05, 3.63) is 54.1 Å². The number of halogens is 1. The van der Waals surface area contributed by atoms with Gasteiger partial charge in [-0.15, -0.1) is 0 Å². The van der Waals surface area contributed by atoms with Crippen LogP contribution in [0.4, 0.5) is 4.39 Å². The predicted molar refractivity (Wildman–Crippen MR) is 54.4 cm³/mol. The average molecular weight is 187 g/mol. The van der Waals surface area contributed by atoms with Gasteiger partial charge in [0, 0.05) is 18.0 Å². The molecule has 0 saturated carbocycles. The number of pyridine rings is 1. The molecule has 0 aliphatic rings. The second-order valence-electron chi connectivity index (χ2n) is 3.15. The van der Waals surface area contributed by atoms with Crippen LogP contribution in [0.5, 0.6) is 0 Å². The number of hydrogen-bond acceptors (Lipinski definition) is 1. The first-order chi connectivity index (χ1) is 6.79. The van der Waals surface area contributed by atoms with E-state index in [1.807, 2.05) is 18.2 Å². The first-order valence-electron chi connectivity index (χ1n) is 4.44. The molecule has 1 nitrogen and oxygen atoms in total. The Morgan fingerprint density at radius 1 is 1.14 bits per heavy atom. The Hall–Kier alpha value is -1.70. The molecule has 0 amide bonds. The molecule has 0 unspecified atom stereocenters. The van der Waals surface area contributed by atoms with Gasteiger partial charge in [0.25, 0.3) is 0 Å². The Bertz CT molecular complexity index is 437. The first-order valence-corrected chi connectivity index (χ1v) is 4.44. The van der Waals surface area contributed by atoms with E-state index in [-0.39, 0.29) is 5.82 Å². The summed E-state index contributed by atoms with van der Waals surface area (Å²) < 4.78 is 13.2. The van der Waals surface area contributed by atoms with E-state index < -0.39 is 0 Å². The van der Waals surface area contributed by atoms with Gasteiger partial charge in [-0.1, -0.05) is 18.2 Å². The average Bonchev–Trinajstić information content (AvgIpc) is 2.23. The van der Waals surface area contributed by atoms with Crippen molar-refractivity contribution in [2.75, 3.05) is 0 Å². The van der Waals surface area contributed by atoms with Crippen molar-refractivity contribution in [1.29, 1.82) is 0 Å². The lowest BCUT2D eigenvalue weighted by atomic mass is 10.0. The van der Waals surface area contributed by atoms with Gasteiger partial charge in [-0.05, 0) is 30.2 Å². The second-order valence-corrected chi connectivity index (χ2v) is 3.15. The predicted octanol–water partition coefficient (Wildman–Crippen LogP) is 3.20. The molecule has 2 rings (SSSR count). The zero-order valence-electron chi connectivity index (χ0n) is 7.87. The number of hydrogen-bond donors (Lipinski definition) is 0. The molecule has 0 radical (unpaired) electrons. The number of benzene rings is 1. The zero-order chi connectivity index (χ0) is 9.97. The van der Waals surface area contributed by atoms with Crippen LogP contribution in [0.1, 0.15) is 5.56 Å². The third-order valence-corrected chi connectivity index (χ3v) is 2.24. The van der Waals surface area contributed by atoms with Gasteiger partial charge in [0.2, 0.25) is 0 Å². The van der Waals surface area contributed by atoms with Crippen molar-refractivity contribution in [2.45, 2.75) is 6.92 Å². The van der Waals surface area contributed by atoms with Gasteiger partial charge >= 0.3 is 0 Å². The minimum atomic E-state index is -0.175. The Balaban J connectivity index is 2.58. The van der Waals surface area contributed by atoms with Crippen LogP contribution in [-0.2, 0) is 0 Å². The Kier molecular flexibility index (Phi) is 2.27. The number of aromatic nitrogens is 1. The normalized spacial score (nSPS) is 10.1. The minimum Gasteiger partial charge on any atom is -0.264 e. The van der Waals surface area contributed by atoms with Gasteiger partial charge in [0.05, 0.1) is 0 Å². The van der Waals surface area contributed by atoms with E-state index in [0.29, 0.717) is 5.56 Å². The van der Waals surface area contributed by atoms with Crippen LogP contribution in [0.3, 0.4) is 0 Å². The Morgan fingerprint density at radius 3 is 2.71 bits per heavy atom. The summed E-state index contributed by atoms with van der Waals surface area (Å²) in [6.45, 7) is 1.78. The Morgan fingerprint density at radius 2 is 2.00 bits per heavy atom. The van der Waals surface area contributed by atoms with Crippen LogP contribution < -0.4 is 0 Å². The molecule has 0 spiro atoms. The van der Waals surface area contributed by atoms with Crippen LogP contribution in [0, 0.1) is 12.7 Å². The molecule has 1 aromatic heterocycles. The number of nitrogens with zero attached hydrogens (tertiary/aromatic N) is 1. The summed E-state index contributed by atoms with van der Waals surface area (Å²) in [5, 5.41) is 0. The van der Waals surface area contributed by atoms with Gasteiger partial charge in [0.1, 0.15) is 5.82 Å². The summed E-state index contributed by atoms with van der Waals surface area (Å²) in [5.41, 5.74) is 2.52. The molecule has 0 aliphatic carbocycles. The fraction of sp³-hybridized carbons (Fsp3) is 0.0833. The van der Waals surface area contributed by atoms with Gasteiger partial charge < -0.3 is 0 Å². The van der Waals surface area contributed by atoms with Gasteiger partial charge in [-0.2, -0.15) is 0 Å². The zero-order valence-corrected chi connectivity index (χ0v) is 7.87. The van der Waals surface area contributed by atoms with Crippen LogP contribution in [0.2, 0.25) is 0 Å². The molecule has 0 saturated heterocycles. The largest absolute Gasteiger partial charge is 0.264 e. The van der Waals surface area contributed by atoms with E-state index in [1.165, 1.54) is 6.07 Å². The lowest BCUT2D eigenvalue weighted by molar-refractivity contribution is 0.619. The van der Waals surface area contributed by atoms with Gasteiger partial charge in [-0.3, -0.25) is 4.98 Å². The molecule has 1 aromatic carbocycles. The topological polar surface area (TPSA) is 12.9 Å². The van der Waals surface area contributed by atoms with Crippen molar-refractivity contribution in [1.82, 2.24) is 4.98 Å². The van der Waals surface area contributed by atoms with E-state index in [0.717, 1.165) is 11.1 Å². The molecule has 0 atom stereocenters. The molecule has 0 fully saturated rings. The summed E-state index contributed by atoms with van der Waals surface area (Å²) in [6, 6.07) is 8.85. The Labute approximate surface area is 82.2 Å². The smallest absolute Gasteiger partial charge is 0.126 e. The fourth-order valence-corrected chi connectivity index (χ4v) is 1.44. The van der Waals surface area contributed by atoms with Crippen molar-refractivity contribution in [2.24, 2.45) is 0 Å². The highest BCUT2D eigenvalue weighted by molar-refractivity contribution is 5.66.